The van der Waals surface area contributed by atoms with Crippen LogP contribution in [0.15, 0.2) is 21.6 Å². The molecule has 0 aliphatic rings. The lowest BCUT2D eigenvalue weighted by Crippen LogP contribution is -2.25. The number of halogens is 1. The second-order valence-electron chi connectivity index (χ2n) is 4.43. The van der Waals surface area contributed by atoms with Crippen molar-refractivity contribution in [1.29, 1.82) is 0 Å². The quantitative estimate of drug-likeness (QED) is 0.932. The maximum Gasteiger partial charge on any atom is 0.287 e. The highest BCUT2D eigenvalue weighted by Gasteiger charge is 2.11. The van der Waals surface area contributed by atoms with Crippen molar-refractivity contribution in [2.24, 2.45) is 0 Å². The largest absolute Gasteiger partial charge is 0.444 e. The minimum atomic E-state index is -0.315. The van der Waals surface area contributed by atoms with E-state index in [0.717, 1.165) is 5.76 Å². The molecule has 19 heavy (non-hydrogen) atoms. The fraction of sp³-hybridized carbons (Fsp3) is 0.417. The van der Waals surface area contributed by atoms with Crippen LogP contribution in [0.2, 0.25) is 5.02 Å². The van der Waals surface area contributed by atoms with Crippen molar-refractivity contribution in [2.45, 2.75) is 33.4 Å². The topological polar surface area (TPSA) is 73.0 Å². The molecule has 0 aliphatic carbocycles. The molecule has 0 radical (unpaired) electrons. The van der Waals surface area contributed by atoms with Crippen LogP contribution in [0, 0.1) is 6.92 Å². The van der Waals surface area contributed by atoms with Gasteiger partial charge >= 0.3 is 0 Å². The molecule has 0 atom stereocenters. The van der Waals surface area contributed by atoms with Gasteiger partial charge in [0.2, 0.25) is 5.89 Å². The average Bonchev–Trinajstić information content (AvgIpc) is 2.76. The zero-order chi connectivity index (χ0) is 14.0. The summed E-state index contributed by atoms with van der Waals surface area (Å²) in [5.41, 5.74) is 0.157. The highest BCUT2D eigenvalue weighted by molar-refractivity contribution is 6.32. The second kappa shape index (κ2) is 5.44. The van der Waals surface area contributed by atoms with Crippen LogP contribution in [0.4, 0.5) is 5.69 Å². The third-order valence-corrected chi connectivity index (χ3v) is 2.90. The van der Waals surface area contributed by atoms with Gasteiger partial charge in [-0.15, -0.1) is 0 Å². The van der Waals surface area contributed by atoms with Crippen molar-refractivity contribution in [3.8, 4) is 0 Å². The van der Waals surface area contributed by atoms with Crippen molar-refractivity contribution in [3.63, 3.8) is 0 Å². The molecular formula is C12H15ClN4O2. The fourth-order valence-electron chi connectivity index (χ4n) is 1.59. The van der Waals surface area contributed by atoms with Gasteiger partial charge in [-0.1, -0.05) is 11.6 Å². The zero-order valence-corrected chi connectivity index (χ0v) is 11.7. The van der Waals surface area contributed by atoms with Crippen LogP contribution in [0.1, 0.15) is 31.5 Å². The fourth-order valence-corrected chi connectivity index (χ4v) is 1.79. The van der Waals surface area contributed by atoms with Crippen LogP contribution in [0.3, 0.4) is 0 Å². The lowest BCUT2D eigenvalue weighted by Gasteiger charge is -2.11. The Morgan fingerprint density at radius 2 is 2.21 bits per heavy atom. The Labute approximate surface area is 115 Å². The summed E-state index contributed by atoms with van der Waals surface area (Å²) in [5.74, 6) is 1.26. The Balaban J connectivity index is 2.18. The van der Waals surface area contributed by atoms with Gasteiger partial charge in [0.1, 0.15) is 10.8 Å². The number of aromatic nitrogens is 3. The predicted molar refractivity (Wildman–Crippen MR) is 72.5 cm³/mol. The summed E-state index contributed by atoms with van der Waals surface area (Å²) in [7, 11) is 0. The van der Waals surface area contributed by atoms with Gasteiger partial charge in [-0.3, -0.25) is 4.79 Å². The molecule has 7 heteroatoms. The van der Waals surface area contributed by atoms with E-state index in [1.165, 1.54) is 10.9 Å². The van der Waals surface area contributed by atoms with Gasteiger partial charge in [0.15, 0.2) is 0 Å². The third kappa shape index (κ3) is 2.96. The standard InChI is InChI=1S/C12H15ClN4O2/c1-7(2)17-12(18)11(13)9(5-16-17)14-6-10-15-4-8(3)19-10/h4-5,7,14H,6H2,1-3H3. The van der Waals surface area contributed by atoms with Crippen molar-refractivity contribution in [3.05, 3.63) is 39.4 Å². The van der Waals surface area contributed by atoms with E-state index in [1.807, 2.05) is 20.8 Å². The van der Waals surface area contributed by atoms with E-state index >= 15 is 0 Å². The van der Waals surface area contributed by atoms with Gasteiger partial charge in [0.05, 0.1) is 30.7 Å². The molecule has 0 aromatic carbocycles. The van der Waals surface area contributed by atoms with Crippen molar-refractivity contribution >= 4 is 17.3 Å². The molecule has 0 fully saturated rings. The first-order valence-corrected chi connectivity index (χ1v) is 6.29. The normalized spacial score (nSPS) is 11.0. The van der Waals surface area contributed by atoms with E-state index in [4.69, 9.17) is 16.0 Å². The summed E-state index contributed by atoms with van der Waals surface area (Å²) in [6.07, 6.45) is 3.16. The predicted octanol–water partition coefficient (Wildman–Crippen LogP) is 2.39. The van der Waals surface area contributed by atoms with Crippen LogP contribution < -0.4 is 10.9 Å². The number of oxazole rings is 1. The van der Waals surface area contributed by atoms with Crippen LogP contribution >= 0.6 is 11.6 Å². The molecule has 0 saturated heterocycles. The molecule has 2 heterocycles. The number of nitrogens with one attached hydrogen (secondary N) is 1. The lowest BCUT2D eigenvalue weighted by atomic mass is 10.4. The van der Waals surface area contributed by atoms with E-state index in [2.05, 4.69) is 15.4 Å². The highest BCUT2D eigenvalue weighted by atomic mass is 35.5. The van der Waals surface area contributed by atoms with E-state index in [9.17, 15) is 4.79 Å². The summed E-state index contributed by atoms with van der Waals surface area (Å²) in [4.78, 5) is 16.0. The van der Waals surface area contributed by atoms with Crippen molar-refractivity contribution in [1.82, 2.24) is 14.8 Å². The van der Waals surface area contributed by atoms with Crippen molar-refractivity contribution < 1.29 is 4.42 Å². The minimum absolute atomic E-state index is 0.0339. The number of hydrogen-bond acceptors (Lipinski definition) is 5. The van der Waals surface area contributed by atoms with E-state index in [1.54, 1.807) is 6.20 Å². The second-order valence-corrected chi connectivity index (χ2v) is 4.81. The Hall–Kier alpha value is -1.82. The molecule has 0 bridgehead atoms. The van der Waals surface area contributed by atoms with Gasteiger partial charge in [0.25, 0.3) is 5.56 Å². The summed E-state index contributed by atoms with van der Waals surface area (Å²) >= 11 is 6.03. The molecule has 0 amide bonds. The maximum absolute atomic E-state index is 11.9. The van der Waals surface area contributed by atoms with Crippen LogP contribution in [0.25, 0.3) is 0 Å². The number of aryl methyl sites for hydroxylation is 1. The highest BCUT2D eigenvalue weighted by Crippen LogP contribution is 2.17. The summed E-state index contributed by atoms with van der Waals surface area (Å²) < 4.78 is 6.65. The van der Waals surface area contributed by atoms with Crippen molar-refractivity contribution in [2.75, 3.05) is 5.32 Å². The van der Waals surface area contributed by atoms with Gasteiger partial charge in [-0.05, 0) is 20.8 Å². The molecule has 102 valence electrons. The van der Waals surface area contributed by atoms with Crippen LogP contribution in [0.5, 0.6) is 0 Å². The Bertz CT molecular complexity index is 633. The number of anilines is 1. The Morgan fingerprint density at radius 3 is 2.79 bits per heavy atom. The number of hydrogen-bond donors (Lipinski definition) is 1. The molecule has 0 unspecified atom stereocenters. The summed E-state index contributed by atoms with van der Waals surface area (Å²) in [6, 6.07) is -0.0339. The van der Waals surface area contributed by atoms with Gasteiger partial charge in [-0.2, -0.15) is 5.10 Å². The Morgan fingerprint density at radius 1 is 1.47 bits per heavy atom. The number of rotatable bonds is 4. The molecule has 0 saturated carbocycles. The van der Waals surface area contributed by atoms with Gasteiger partial charge in [0, 0.05) is 0 Å². The van der Waals surface area contributed by atoms with E-state index in [0.29, 0.717) is 18.1 Å². The summed E-state index contributed by atoms with van der Waals surface area (Å²) in [6.45, 7) is 5.90. The van der Waals surface area contributed by atoms with Gasteiger partial charge in [-0.25, -0.2) is 9.67 Å². The molecule has 0 aliphatic heterocycles. The maximum atomic E-state index is 11.9. The molecule has 1 N–H and O–H groups in total. The first-order chi connectivity index (χ1) is 8.99. The zero-order valence-electron chi connectivity index (χ0n) is 11.0. The molecule has 6 nitrogen and oxygen atoms in total. The van der Waals surface area contributed by atoms with Crippen LogP contribution in [-0.2, 0) is 6.54 Å². The molecular weight excluding hydrogens is 268 g/mol. The van der Waals surface area contributed by atoms with E-state index in [-0.39, 0.29) is 16.6 Å². The lowest BCUT2D eigenvalue weighted by molar-refractivity contribution is 0.478. The SMILES string of the molecule is Cc1cnc(CNc2cnn(C(C)C)c(=O)c2Cl)o1. The molecule has 2 aromatic heterocycles. The number of nitrogens with zero attached hydrogens (tertiary/aromatic N) is 3. The summed E-state index contributed by atoms with van der Waals surface area (Å²) in [5, 5.41) is 7.17. The first-order valence-electron chi connectivity index (χ1n) is 5.91. The third-order valence-electron chi connectivity index (χ3n) is 2.53. The smallest absolute Gasteiger partial charge is 0.287 e. The minimum Gasteiger partial charge on any atom is -0.444 e. The van der Waals surface area contributed by atoms with Crippen LogP contribution in [-0.4, -0.2) is 14.8 Å². The molecule has 0 spiro atoms. The molecule has 2 rings (SSSR count). The van der Waals surface area contributed by atoms with E-state index < -0.39 is 0 Å². The Kier molecular flexibility index (Phi) is 3.90. The first kappa shape index (κ1) is 13.6. The monoisotopic (exact) mass is 282 g/mol. The average molecular weight is 283 g/mol. The molecule has 2 aromatic rings. The van der Waals surface area contributed by atoms with Gasteiger partial charge < -0.3 is 9.73 Å².